The van der Waals surface area contributed by atoms with Crippen molar-refractivity contribution in [2.24, 2.45) is 0 Å². The highest BCUT2D eigenvalue weighted by Crippen LogP contribution is 2.58. The van der Waals surface area contributed by atoms with Gasteiger partial charge >= 0.3 is 13.9 Å². The number of ether oxygens (including phenoxy) is 1. The van der Waals surface area contributed by atoms with Crippen molar-refractivity contribution in [1.29, 1.82) is 0 Å². The van der Waals surface area contributed by atoms with Gasteiger partial charge < -0.3 is 4.74 Å². The van der Waals surface area contributed by atoms with Crippen LogP contribution < -0.4 is 5.30 Å². The zero-order valence-electron chi connectivity index (χ0n) is 19.1. The number of hydrogen-bond acceptors (Lipinski definition) is 8. The molecular formula is C22H30N2O7P+. The van der Waals surface area contributed by atoms with Gasteiger partial charge in [-0.15, -0.1) is 0 Å². The summed E-state index contributed by atoms with van der Waals surface area (Å²) in [5, 5.41) is 11.6. The molecule has 0 aliphatic heterocycles. The first-order valence-corrected chi connectivity index (χ1v) is 12.1. The Morgan fingerprint density at radius 1 is 1.12 bits per heavy atom. The minimum Gasteiger partial charge on any atom is -0.462 e. The fourth-order valence-electron chi connectivity index (χ4n) is 3.29. The zero-order valence-corrected chi connectivity index (χ0v) is 20.0. The van der Waals surface area contributed by atoms with E-state index in [1.165, 1.54) is 18.2 Å². The lowest BCUT2D eigenvalue weighted by atomic mass is 9.97. The molecular weight excluding hydrogens is 435 g/mol. The van der Waals surface area contributed by atoms with Crippen LogP contribution in [-0.4, -0.2) is 40.6 Å². The number of hydrogen-bond donors (Lipinski definition) is 1. The maximum Gasteiger partial charge on any atom is 0.448 e. The van der Waals surface area contributed by atoms with Gasteiger partial charge in [0.15, 0.2) is 0 Å². The van der Waals surface area contributed by atoms with Crippen LogP contribution in [-0.2, 0) is 13.8 Å². The number of aryl methyl sites for hydroxylation is 2. The van der Waals surface area contributed by atoms with E-state index in [0.29, 0.717) is 29.8 Å². The molecule has 0 amide bonds. The van der Waals surface area contributed by atoms with Crippen LogP contribution in [0, 0.1) is 24.0 Å². The van der Waals surface area contributed by atoms with E-state index in [1.807, 2.05) is 13.8 Å². The first-order valence-electron chi connectivity index (χ1n) is 10.5. The Kier molecular flexibility index (Phi) is 9.21. The second-order valence-electron chi connectivity index (χ2n) is 7.10. The highest BCUT2D eigenvalue weighted by Gasteiger charge is 2.50. The van der Waals surface area contributed by atoms with Crippen LogP contribution in [0.1, 0.15) is 55.4 Å². The molecule has 0 bridgehead atoms. The Hall–Kier alpha value is -2.45. The molecule has 32 heavy (non-hydrogen) atoms. The standard InChI is InChI=1S/C22H30N2O7P/c1-6-12-30-32(28,31-13-7-2)21-16(5)23-15(4)19(22(25)29-8-3)20(21)17-10-9-11-18(14-17)24(26)27/h9-11,14,28H,6-8,12-13H2,1-5H3/q+1. The molecule has 1 N–H and O–H groups in total. The third-order valence-electron chi connectivity index (χ3n) is 4.58. The van der Waals surface area contributed by atoms with Crippen molar-refractivity contribution in [3.63, 3.8) is 0 Å². The minimum atomic E-state index is -3.68. The number of nitrogens with zero attached hydrogens (tertiary/aromatic N) is 2. The Morgan fingerprint density at radius 2 is 1.75 bits per heavy atom. The topological polar surface area (TPSA) is 121 Å². The molecule has 2 rings (SSSR count). The Bertz CT molecular complexity index is 973. The lowest BCUT2D eigenvalue weighted by Gasteiger charge is -2.23. The number of rotatable bonds is 11. The highest BCUT2D eigenvalue weighted by atomic mass is 31.2. The first kappa shape index (κ1) is 25.8. The molecule has 0 unspecified atom stereocenters. The normalized spacial score (nSPS) is 11.4. The third-order valence-corrected chi connectivity index (χ3v) is 6.75. The van der Waals surface area contributed by atoms with E-state index in [1.54, 1.807) is 26.8 Å². The van der Waals surface area contributed by atoms with Crippen LogP contribution in [0.3, 0.4) is 0 Å². The van der Waals surface area contributed by atoms with E-state index < -0.39 is 18.8 Å². The summed E-state index contributed by atoms with van der Waals surface area (Å²) in [7, 11) is -3.68. The fraction of sp³-hybridized carbons (Fsp3) is 0.455. The van der Waals surface area contributed by atoms with Crippen molar-refractivity contribution >= 4 is 24.9 Å². The molecule has 0 saturated heterocycles. The molecule has 10 heteroatoms. The van der Waals surface area contributed by atoms with Gasteiger partial charge in [-0.3, -0.25) is 15.1 Å². The third kappa shape index (κ3) is 5.66. The second kappa shape index (κ2) is 11.4. The monoisotopic (exact) mass is 465 g/mol. The maximum absolute atomic E-state index is 13.0. The number of nitro groups is 1. The smallest absolute Gasteiger partial charge is 0.448 e. The summed E-state index contributed by atoms with van der Waals surface area (Å²) in [5.41, 5.74) is 1.40. The molecule has 1 aromatic heterocycles. The Labute approximate surface area is 188 Å². The van der Waals surface area contributed by atoms with Crippen molar-refractivity contribution in [2.45, 2.75) is 47.5 Å². The number of esters is 1. The molecule has 0 spiro atoms. The van der Waals surface area contributed by atoms with Crippen molar-refractivity contribution in [3.05, 3.63) is 51.3 Å². The summed E-state index contributed by atoms with van der Waals surface area (Å²) in [6.45, 7) is 9.41. The summed E-state index contributed by atoms with van der Waals surface area (Å²) in [4.78, 5) is 39.9. The van der Waals surface area contributed by atoms with Crippen LogP contribution >= 0.6 is 7.94 Å². The van der Waals surface area contributed by atoms with Crippen molar-refractivity contribution in [3.8, 4) is 11.1 Å². The molecule has 174 valence electrons. The minimum absolute atomic E-state index is 0.117. The van der Waals surface area contributed by atoms with E-state index in [4.69, 9.17) is 13.8 Å². The van der Waals surface area contributed by atoms with E-state index in [0.717, 1.165) is 0 Å². The Morgan fingerprint density at radius 3 is 2.28 bits per heavy atom. The largest absolute Gasteiger partial charge is 0.462 e. The van der Waals surface area contributed by atoms with Crippen LogP contribution in [0.25, 0.3) is 11.1 Å². The van der Waals surface area contributed by atoms with Crippen molar-refractivity contribution in [1.82, 2.24) is 4.98 Å². The number of carbonyl (C=O) groups excluding carboxylic acids is 1. The van der Waals surface area contributed by atoms with Gasteiger partial charge in [0, 0.05) is 12.1 Å². The number of carbonyl (C=O) groups is 1. The zero-order chi connectivity index (χ0) is 23.9. The summed E-state index contributed by atoms with van der Waals surface area (Å²) < 4.78 is 16.9. The summed E-state index contributed by atoms with van der Waals surface area (Å²) in [5.74, 6) is -0.641. The van der Waals surface area contributed by atoms with Gasteiger partial charge in [-0.25, -0.2) is 4.79 Å². The lowest BCUT2D eigenvalue weighted by molar-refractivity contribution is -0.384. The Balaban J connectivity index is 2.94. The number of pyridine rings is 1. The molecule has 0 aliphatic rings. The predicted octanol–water partition coefficient (Wildman–Crippen LogP) is 4.68. The van der Waals surface area contributed by atoms with Gasteiger partial charge in [0.2, 0.25) is 5.30 Å². The molecule has 9 nitrogen and oxygen atoms in total. The van der Waals surface area contributed by atoms with E-state index in [2.05, 4.69) is 4.98 Å². The van der Waals surface area contributed by atoms with Gasteiger partial charge in [0.05, 0.1) is 47.3 Å². The lowest BCUT2D eigenvalue weighted by Crippen LogP contribution is -2.27. The highest BCUT2D eigenvalue weighted by molar-refractivity contribution is 7.69. The molecule has 0 atom stereocenters. The molecule has 1 aromatic carbocycles. The SMILES string of the molecule is CCCO[P+](O)(OCCC)c1c(C)nc(C)c(C(=O)OCC)c1-c1cccc([N+](=O)[O-])c1. The fourth-order valence-corrected chi connectivity index (χ4v) is 5.47. The van der Waals surface area contributed by atoms with Crippen LogP contribution in [0.15, 0.2) is 24.3 Å². The van der Waals surface area contributed by atoms with Crippen molar-refractivity contribution < 1.29 is 28.4 Å². The van der Waals surface area contributed by atoms with Gasteiger partial charge in [0.25, 0.3) is 5.69 Å². The van der Waals surface area contributed by atoms with Gasteiger partial charge in [-0.1, -0.05) is 26.0 Å². The summed E-state index contributed by atoms with van der Waals surface area (Å²) in [6.07, 6.45) is 1.26. The molecule has 0 radical (unpaired) electrons. The van der Waals surface area contributed by atoms with E-state index in [9.17, 15) is 19.8 Å². The van der Waals surface area contributed by atoms with Crippen LogP contribution in [0.5, 0.6) is 0 Å². The number of nitro benzene ring substituents is 1. The molecule has 0 saturated carbocycles. The quantitative estimate of drug-likeness (QED) is 0.220. The van der Waals surface area contributed by atoms with Crippen molar-refractivity contribution in [2.75, 3.05) is 19.8 Å². The first-order chi connectivity index (χ1) is 15.2. The summed E-state index contributed by atoms with van der Waals surface area (Å²) in [6, 6.07) is 5.87. The molecule has 0 fully saturated rings. The van der Waals surface area contributed by atoms with Gasteiger partial charge in [-0.2, -0.15) is 13.9 Å². The number of benzene rings is 1. The molecule has 0 aliphatic carbocycles. The van der Waals surface area contributed by atoms with Gasteiger partial charge in [-0.05, 0) is 39.2 Å². The average molecular weight is 465 g/mol. The van der Waals surface area contributed by atoms with Gasteiger partial charge in [0.1, 0.15) is 0 Å². The van der Waals surface area contributed by atoms with E-state index >= 15 is 0 Å². The van der Waals surface area contributed by atoms with E-state index in [-0.39, 0.29) is 41.9 Å². The molecule has 2 aromatic rings. The molecule has 1 heterocycles. The number of non-ortho nitro benzene ring substituents is 1. The predicted molar refractivity (Wildman–Crippen MR) is 123 cm³/mol. The second-order valence-corrected chi connectivity index (χ2v) is 9.10. The van der Waals surface area contributed by atoms with Crippen LogP contribution in [0.4, 0.5) is 5.69 Å². The summed E-state index contributed by atoms with van der Waals surface area (Å²) >= 11 is 0. The average Bonchev–Trinajstić information content (AvgIpc) is 2.75. The van der Waals surface area contributed by atoms with Crippen LogP contribution in [0.2, 0.25) is 0 Å². The maximum atomic E-state index is 13.0. The number of aromatic nitrogens is 1.